The highest BCUT2D eigenvalue weighted by atomic mass is 35.5. The maximum absolute atomic E-state index is 13.1. The monoisotopic (exact) mass is 568 g/mol. The van der Waals surface area contributed by atoms with E-state index in [9.17, 15) is 18.4 Å². The summed E-state index contributed by atoms with van der Waals surface area (Å²) in [5.74, 6) is 1.21. The van der Waals surface area contributed by atoms with Crippen LogP contribution in [0.5, 0.6) is 11.5 Å². The predicted octanol–water partition coefficient (Wildman–Crippen LogP) is 4.55. The molecular weight excluding hydrogens is 534 g/mol. The quantitative estimate of drug-likeness (QED) is 0.408. The number of oxazole rings is 1. The summed E-state index contributed by atoms with van der Waals surface area (Å²) in [6.07, 6.45) is 5.74. The number of ether oxygens (including phenoxy) is 2. The normalized spacial score (nSPS) is 18.4. The number of benzene rings is 1. The number of alkyl halides is 2. The van der Waals surface area contributed by atoms with Crippen molar-refractivity contribution in [2.45, 2.75) is 58.1 Å². The van der Waals surface area contributed by atoms with Gasteiger partial charge < -0.3 is 29.8 Å². The van der Waals surface area contributed by atoms with E-state index in [1.165, 1.54) is 18.2 Å². The molecule has 1 aromatic carbocycles. The summed E-state index contributed by atoms with van der Waals surface area (Å²) in [6.45, 7) is 0.996. The van der Waals surface area contributed by atoms with Crippen LogP contribution in [-0.4, -0.2) is 54.6 Å². The Morgan fingerprint density at radius 2 is 1.85 bits per heavy atom. The fraction of sp³-hybridized carbons (Fsp3) is 0.593. The molecule has 2 aliphatic carbocycles. The number of rotatable bonds is 11. The molecule has 0 spiro atoms. The number of carbonyl (C=O) groups excluding carboxylic acids is 2. The summed E-state index contributed by atoms with van der Waals surface area (Å²) >= 11 is 0. The third-order valence-electron chi connectivity index (χ3n) is 7.26. The molecule has 2 amide bonds. The summed E-state index contributed by atoms with van der Waals surface area (Å²) in [5, 5.41) is 2.94. The van der Waals surface area contributed by atoms with Gasteiger partial charge in [-0.25, -0.2) is 4.98 Å². The van der Waals surface area contributed by atoms with Crippen LogP contribution in [-0.2, 0) is 4.79 Å². The zero-order chi connectivity index (χ0) is 26.8. The van der Waals surface area contributed by atoms with Gasteiger partial charge in [-0.2, -0.15) is 8.78 Å². The Labute approximate surface area is 232 Å². The number of carbonyl (C=O) groups is 2. The van der Waals surface area contributed by atoms with Crippen LogP contribution in [0.2, 0.25) is 0 Å². The van der Waals surface area contributed by atoms with Crippen molar-refractivity contribution in [1.82, 2.24) is 15.2 Å². The van der Waals surface area contributed by atoms with Crippen LogP contribution < -0.4 is 20.5 Å². The van der Waals surface area contributed by atoms with Crippen molar-refractivity contribution in [3.05, 3.63) is 29.7 Å². The second-order valence-electron chi connectivity index (χ2n) is 10.6. The maximum atomic E-state index is 13.1. The van der Waals surface area contributed by atoms with Crippen molar-refractivity contribution in [1.29, 1.82) is 0 Å². The molecular formula is C27H35ClF2N4O5. The van der Waals surface area contributed by atoms with E-state index in [4.69, 9.17) is 14.9 Å². The topological polar surface area (TPSA) is 120 Å². The van der Waals surface area contributed by atoms with Crippen LogP contribution >= 0.6 is 12.4 Å². The molecule has 2 aromatic rings. The van der Waals surface area contributed by atoms with Gasteiger partial charge in [0.05, 0.1) is 12.6 Å². The first-order chi connectivity index (χ1) is 18.3. The Balaban J connectivity index is 0.00000353. The first-order valence-electron chi connectivity index (χ1n) is 13.3. The van der Waals surface area contributed by atoms with Crippen molar-refractivity contribution in [3.63, 3.8) is 0 Å². The van der Waals surface area contributed by atoms with Crippen molar-refractivity contribution in [3.8, 4) is 23.0 Å². The highest BCUT2D eigenvalue weighted by molar-refractivity contribution is 5.94. The number of hydrogen-bond donors (Lipinski definition) is 2. The van der Waals surface area contributed by atoms with E-state index in [2.05, 4.69) is 15.0 Å². The van der Waals surface area contributed by atoms with Crippen molar-refractivity contribution in [2.24, 2.45) is 23.5 Å². The van der Waals surface area contributed by atoms with Gasteiger partial charge in [0.25, 0.3) is 5.91 Å². The number of halogens is 3. The third kappa shape index (κ3) is 7.39. The summed E-state index contributed by atoms with van der Waals surface area (Å²) in [5.41, 5.74) is 6.61. The molecule has 1 atom stereocenters. The molecule has 3 fully saturated rings. The highest BCUT2D eigenvalue weighted by Crippen LogP contribution is 2.37. The van der Waals surface area contributed by atoms with Gasteiger partial charge in [-0.05, 0) is 75.5 Å². The molecule has 1 aromatic heterocycles. The van der Waals surface area contributed by atoms with E-state index in [-0.39, 0.29) is 59.0 Å². The SMILES string of the molecule is CC(N)c1oc(-c2ccc(OC(F)F)c(OCC3CC3)c2)nc1C(=O)NCC1CCN(C(=O)C2CC2)CC1.Cl. The molecule has 2 heterocycles. The van der Waals surface area contributed by atoms with E-state index in [1.54, 1.807) is 6.92 Å². The van der Waals surface area contributed by atoms with E-state index in [1.807, 2.05) is 4.90 Å². The van der Waals surface area contributed by atoms with Crippen LogP contribution in [0, 0.1) is 17.8 Å². The number of aromatic nitrogens is 1. The fourth-order valence-electron chi connectivity index (χ4n) is 4.63. The molecule has 1 unspecified atom stereocenters. The second-order valence-corrected chi connectivity index (χ2v) is 10.6. The maximum Gasteiger partial charge on any atom is 0.387 e. The number of amides is 2. The third-order valence-corrected chi connectivity index (χ3v) is 7.26. The van der Waals surface area contributed by atoms with Crippen LogP contribution in [0.15, 0.2) is 22.6 Å². The molecule has 1 saturated heterocycles. The highest BCUT2D eigenvalue weighted by Gasteiger charge is 2.35. The van der Waals surface area contributed by atoms with Gasteiger partial charge >= 0.3 is 6.61 Å². The molecule has 1 aliphatic heterocycles. The van der Waals surface area contributed by atoms with Crippen molar-refractivity contribution < 1.29 is 32.3 Å². The first-order valence-corrected chi connectivity index (χ1v) is 13.3. The lowest BCUT2D eigenvalue weighted by molar-refractivity contribution is -0.133. The average molecular weight is 569 g/mol. The van der Waals surface area contributed by atoms with Gasteiger partial charge in [0.2, 0.25) is 11.8 Å². The lowest BCUT2D eigenvalue weighted by Crippen LogP contribution is -2.42. The average Bonchev–Trinajstić information content (AvgIpc) is 3.84. The number of nitrogens with one attached hydrogen (secondary N) is 1. The van der Waals surface area contributed by atoms with E-state index in [0.29, 0.717) is 37.7 Å². The second kappa shape index (κ2) is 12.5. The molecule has 39 heavy (non-hydrogen) atoms. The zero-order valence-corrected chi connectivity index (χ0v) is 22.7. The fourth-order valence-corrected chi connectivity index (χ4v) is 4.63. The number of piperidine rings is 1. The van der Waals surface area contributed by atoms with Gasteiger partial charge in [0.15, 0.2) is 23.0 Å². The standard InChI is InChI=1S/C27H34F2N4O5.ClH/c1-15(30)23-22(24(34)31-13-16-8-10-33(11-9-16)26(35)18-4-5-18)32-25(38-23)19-6-7-20(37-27(28)29)21(12-19)36-14-17-2-3-17;/h6-7,12,15-18,27H,2-5,8-11,13-14,30H2,1H3,(H,31,34);1H. The van der Waals surface area contributed by atoms with Gasteiger partial charge in [-0.15, -0.1) is 12.4 Å². The molecule has 2 saturated carbocycles. The number of likely N-dealkylation sites (tertiary alicyclic amines) is 1. The Morgan fingerprint density at radius 1 is 1.13 bits per heavy atom. The van der Waals surface area contributed by atoms with Crippen molar-refractivity contribution >= 4 is 24.2 Å². The minimum absolute atomic E-state index is 0. The minimum atomic E-state index is -2.99. The van der Waals surface area contributed by atoms with Crippen LogP contribution in [0.4, 0.5) is 8.78 Å². The van der Waals surface area contributed by atoms with Crippen molar-refractivity contribution in [2.75, 3.05) is 26.2 Å². The predicted molar refractivity (Wildman–Crippen MR) is 141 cm³/mol. The molecule has 12 heteroatoms. The van der Waals surface area contributed by atoms with Gasteiger partial charge in [-0.3, -0.25) is 9.59 Å². The number of nitrogens with two attached hydrogens (primary N) is 1. The Hall–Kier alpha value is -2.92. The summed E-state index contributed by atoms with van der Waals surface area (Å²) in [4.78, 5) is 31.7. The van der Waals surface area contributed by atoms with E-state index < -0.39 is 18.6 Å². The van der Waals surface area contributed by atoms with Gasteiger partial charge in [-0.1, -0.05) is 0 Å². The molecule has 0 bridgehead atoms. The summed E-state index contributed by atoms with van der Waals surface area (Å²) in [7, 11) is 0. The Kier molecular flexibility index (Phi) is 9.32. The largest absolute Gasteiger partial charge is 0.489 e. The van der Waals surface area contributed by atoms with Crippen LogP contribution in [0.1, 0.15) is 67.7 Å². The molecule has 5 rings (SSSR count). The smallest absolute Gasteiger partial charge is 0.387 e. The molecule has 0 radical (unpaired) electrons. The molecule has 3 aliphatic rings. The Bertz CT molecular complexity index is 1160. The number of hydrogen-bond acceptors (Lipinski definition) is 7. The molecule has 3 N–H and O–H groups in total. The molecule has 214 valence electrons. The van der Waals surface area contributed by atoms with E-state index >= 15 is 0 Å². The van der Waals surface area contributed by atoms with Gasteiger partial charge in [0, 0.05) is 31.1 Å². The van der Waals surface area contributed by atoms with Crippen LogP contribution in [0.3, 0.4) is 0 Å². The zero-order valence-electron chi connectivity index (χ0n) is 21.9. The Morgan fingerprint density at radius 3 is 2.46 bits per heavy atom. The first kappa shape index (κ1) is 29.1. The van der Waals surface area contributed by atoms with E-state index in [0.717, 1.165) is 38.5 Å². The lowest BCUT2D eigenvalue weighted by Gasteiger charge is -2.32. The van der Waals surface area contributed by atoms with Crippen LogP contribution in [0.25, 0.3) is 11.5 Å². The summed E-state index contributed by atoms with van der Waals surface area (Å²) < 4.78 is 42.0. The lowest BCUT2D eigenvalue weighted by atomic mass is 9.96. The molecule has 9 nitrogen and oxygen atoms in total. The summed E-state index contributed by atoms with van der Waals surface area (Å²) in [6, 6.07) is 3.83. The minimum Gasteiger partial charge on any atom is -0.489 e. The van der Waals surface area contributed by atoms with Gasteiger partial charge in [0.1, 0.15) is 0 Å². The number of nitrogens with zero attached hydrogens (tertiary/aromatic N) is 2.